The summed E-state index contributed by atoms with van der Waals surface area (Å²) in [5.41, 5.74) is 1.87. The Morgan fingerprint density at radius 3 is 3.00 bits per heavy atom. The molecule has 0 N–H and O–H groups in total. The summed E-state index contributed by atoms with van der Waals surface area (Å²) in [5.74, 6) is 0.941. The van der Waals surface area contributed by atoms with E-state index in [0.29, 0.717) is 0 Å². The van der Waals surface area contributed by atoms with Crippen LogP contribution in [0, 0.1) is 0 Å². The molecule has 0 unspecified atom stereocenters. The molecule has 0 bridgehead atoms. The molecule has 0 aliphatic carbocycles. The average Bonchev–Trinajstić information content (AvgIpc) is 2.72. The molecule has 0 saturated heterocycles. The highest BCUT2D eigenvalue weighted by Gasteiger charge is 2.09. The van der Waals surface area contributed by atoms with E-state index in [4.69, 9.17) is 4.52 Å². The van der Waals surface area contributed by atoms with Crippen LogP contribution in [0.3, 0.4) is 0 Å². The maximum absolute atomic E-state index is 5.29. The molecule has 1 aromatic carbocycles. The number of pyridine rings is 1. The number of aryl methyl sites for hydroxylation is 1. The van der Waals surface area contributed by atoms with Gasteiger partial charge in [0.2, 0.25) is 0 Å². The van der Waals surface area contributed by atoms with Gasteiger partial charge in [-0.25, -0.2) is 0 Å². The van der Waals surface area contributed by atoms with Gasteiger partial charge in [-0.2, -0.15) is 0 Å². The van der Waals surface area contributed by atoms with Crippen molar-refractivity contribution >= 4 is 21.8 Å². The molecule has 2 aromatic heterocycles. The lowest BCUT2D eigenvalue weighted by molar-refractivity contribution is 0.395. The van der Waals surface area contributed by atoms with Gasteiger partial charge in [0.05, 0.1) is 5.52 Å². The molecule has 0 fully saturated rings. The van der Waals surface area contributed by atoms with Crippen molar-refractivity contribution < 1.29 is 4.52 Å². The Bertz CT molecular complexity index is 628. The normalized spacial score (nSPS) is 11.3. The van der Waals surface area contributed by atoms with Crippen LogP contribution in [0.1, 0.15) is 12.7 Å². The van der Waals surface area contributed by atoms with Crippen molar-refractivity contribution in [3.63, 3.8) is 0 Å². The van der Waals surface area contributed by atoms with Crippen molar-refractivity contribution in [3.05, 3.63) is 36.2 Å². The van der Waals surface area contributed by atoms with Crippen LogP contribution in [-0.2, 0) is 6.42 Å². The zero-order valence-electron chi connectivity index (χ0n) is 8.40. The molecule has 3 rings (SSSR count). The van der Waals surface area contributed by atoms with Crippen molar-refractivity contribution in [2.75, 3.05) is 0 Å². The molecule has 0 saturated carbocycles. The summed E-state index contributed by atoms with van der Waals surface area (Å²) < 4.78 is 5.29. The van der Waals surface area contributed by atoms with E-state index in [1.54, 1.807) is 6.20 Å². The van der Waals surface area contributed by atoms with Crippen molar-refractivity contribution in [2.45, 2.75) is 13.3 Å². The summed E-state index contributed by atoms with van der Waals surface area (Å²) in [6.07, 6.45) is 2.65. The minimum absolute atomic E-state index is 0.863. The van der Waals surface area contributed by atoms with Crippen LogP contribution < -0.4 is 0 Å². The smallest absolute Gasteiger partial charge is 0.144 e. The first-order valence-electron chi connectivity index (χ1n) is 5.02. The van der Waals surface area contributed by atoms with E-state index >= 15 is 0 Å². The van der Waals surface area contributed by atoms with Crippen LogP contribution in [0.15, 0.2) is 35.0 Å². The Balaban J connectivity index is 2.50. The second kappa shape index (κ2) is 3.05. The van der Waals surface area contributed by atoms with Gasteiger partial charge in [0, 0.05) is 23.4 Å². The van der Waals surface area contributed by atoms with Gasteiger partial charge in [0.15, 0.2) is 0 Å². The molecule has 3 heteroatoms. The zero-order valence-corrected chi connectivity index (χ0v) is 8.40. The maximum atomic E-state index is 5.29. The van der Waals surface area contributed by atoms with E-state index in [2.05, 4.69) is 17.1 Å². The van der Waals surface area contributed by atoms with Crippen LogP contribution in [-0.4, -0.2) is 10.1 Å². The van der Waals surface area contributed by atoms with E-state index in [0.717, 1.165) is 34.0 Å². The Labute approximate surface area is 86.7 Å². The third-order valence-electron chi connectivity index (χ3n) is 2.63. The first-order valence-corrected chi connectivity index (χ1v) is 5.02. The highest BCUT2D eigenvalue weighted by Crippen LogP contribution is 2.25. The van der Waals surface area contributed by atoms with Crippen LogP contribution in [0.25, 0.3) is 21.8 Å². The van der Waals surface area contributed by atoms with Gasteiger partial charge in [0.1, 0.15) is 11.3 Å². The van der Waals surface area contributed by atoms with Gasteiger partial charge >= 0.3 is 0 Å². The quantitative estimate of drug-likeness (QED) is 0.603. The van der Waals surface area contributed by atoms with Gasteiger partial charge in [-0.15, -0.1) is 0 Å². The Morgan fingerprint density at radius 1 is 1.20 bits per heavy atom. The topological polar surface area (TPSA) is 38.9 Å². The maximum Gasteiger partial charge on any atom is 0.144 e. The Kier molecular flexibility index (Phi) is 1.71. The van der Waals surface area contributed by atoms with Crippen LogP contribution in [0.2, 0.25) is 0 Å². The lowest BCUT2D eigenvalue weighted by atomic mass is 10.1. The molecular weight excluding hydrogens is 188 g/mol. The molecule has 3 nitrogen and oxygen atoms in total. The number of fused-ring (bicyclic) bond motifs is 3. The Hall–Kier alpha value is -1.90. The highest BCUT2D eigenvalue weighted by molar-refractivity contribution is 6.04. The number of nitrogens with zero attached hydrogens (tertiary/aromatic N) is 2. The highest BCUT2D eigenvalue weighted by atomic mass is 16.5. The number of rotatable bonds is 1. The van der Waals surface area contributed by atoms with E-state index in [1.165, 1.54) is 0 Å². The number of benzene rings is 1. The van der Waals surface area contributed by atoms with Crippen molar-refractivity contribution in [3.8, 4) is 0 Å². The lowest BCUT2D eigenvalue weighted by Gasteiger charge is -1.95. The molecule has 0 aliphatic rings. The number of hydrogen-bond donors (Lipinski definition) is 0. The molecule has 0 radical (unpaired) electrons. The van der Waals surface area contributed by atoms with Crippen molar-refractivity contribution in [2.24, 2.45) is 0 Å². The minimum atomic E-state index is 0.863. The van der Waals surface area contributed by atoms with Crippen LogP contribution >= 0.6 is 0 Å². The van der Waals surface area contributed by atoms with E-state index in [-0.39, 0.29) is 0 Å². The molecule has 0 aliphatic heterocycles. The molecule has 2 heterocycles. The minimum Gasteiger partial charge on any atom is -0.360 e. The van der Waals surface area contributed by atoms with Gasteiger partial charge in [-0.3, -0.25) is 4.98 Å². The summed E-state index contributed by atoms with van der Waals surface area (Å²) >= 11 is 0. The largest absolute Gasteiger partial charge is 0.360 e. The summed E-state index contributed by atoms with van der Waals surface area (Å²) in [7, 11) is 0. The molecule has 0 spiro atoms. The molecule has 0 atom stereocenters. The molecule has 15 heavy (non-hydrogen) atoms. The first kappa shape index (κ1) is 8.41. The van der Waals surface area contributed by atoms with E-state index in [1.807, 2.05) is 24.3 Å². The second-order valence-electron chi connectivity index (χ2n) is 3.49. The van der Waals surface area contributed by atoms with Gasteiger partial charge in [0.25, 0.3) is 0 Å². The summed E-state index contributed by atoms with van der Waals surface area (Å²) in [6.45, 7) is 2.06. The second-order valence-corrected chi connectivity index (χ2v) is 3.49. The third kappa shape index (κ3) is 1.13. The van der Waals surface area contributed by atoms with Crippen LogP contribution in [0.4, 0.5) is 0 Å². The fourth-order valence-corrected chi connectivity index (χ4v) is 1.87. The number of hydrogen-bond acceptors (Lipinski definition) is 3. The summed E-state index contributed by atoms with van der Waals surface area (Å²) in [4.78, 5) is 4.28. The zero-order chi connectivity index (χ0) is 10.3. The Morgan fingerprint density at radius 2 is 2.13 bits per heavy atom. The molecule has 3 aromatic rings. The fourth-order valence-electron chi connectivity index (χ4n) is 1.87. The monoisotopic (exact) mass is 198 g/mol. The first-order chi connectivity index (χ1) is 7.40. The summed E-state index contributed by atoms with van der Waals surface area (Å²) in [6, 6.07) is 7.97. The molecule has 0 amide bonds. The molecule has 74 valence electrons. The lowest BCUT2D eigenvalue weighted by Crippen LogP contribution is -1.80. The SMILES string of the molecule is CCc1onc2c1ccc1ncccc12. The van der Waals surface area contributed by atoms with Gasteiger partial charge < -0.3 is 4.52 Å². The standard InChI is InChI=1S/C12H10N2O/c1-2-11-9-5-6-10-8(4-3-7-13-10)12(9)14-15-11/h3-7H,2H2,1H3. The van der Waals surface area contributed by atoms with E-state index < -0.39 is 0 Å². The van der Waals surface area contributed by atoms with Gasteiger partial charge in [-0.05, 0) is 24.3 Å². The van der Waals surface area contributed by atoms with Crippen LogP contribution in [0.5, 0.6) is 0 Å². The van der Waals surface area contributed by atoms with Crippen molar-refractivity contribution in [1.29, 1.82) is 0 Å². The predicted octanol–water partition coefficient (Wildman–Crippen LogP) is 2.94. The predicted molar refractivity (Wildman–Crippen MR) is 58.7 cm³/mol. The van der Waals surface area contributed by atoms with Crippen molar-refractivity contribution in [1.82, 2.24) is 10.1 Å². The molecular formula is C12H10N2O. The van der Waals surface area contributed by atoms with E-state index in [9.17, 15) is 0 Å². The fraction of sp³-hybridized carbons (Fsp3) is 0.167. The summed E-state index contributed by atoms with van der Waals surface area (Å²) in [5, 5.41) is 6.25. The van der Waals surface area contributed by atoms with Gasteiger partial charge in [-0.1, -0.05) is 12.1 Å². The average molecular weight is 198 g/mol. The number of aromatic nitrogens is 2. The third-order valence-corrected chi connectivity index (χ3v) is 2.63.